The fourth-order valence-electron chi connectivity index (χ4n) is 1.96. The molecule has 0 spiro atoms. The molecule has 1 N–H and O–H groups in total. The molecule has 2 aromatic rings. The van der Waals surface area contributed by atoms with Crippen LogP contribution in [-0.4, -0.2) is 7.11 Å². The second kappa shape index (κ2) is 5.92. The second-order valence-corrected chi connectivity index (χ2v) is 4.30. The van der Waals surface area contributed by atoms with E-state index in [-0.39, 0.29) is 6.04 Å². The number of ether oxygens (including phenoxy) is 1. The Morgan fingerprint density at radius 3 is 2.68 bits per heavy atom. The van der Waals surface area contributed by atoms with Crippen molar-refractivity contribution in [2.75, 3.05) is 12.4 Å². The van der Waals surface area contributed by atoms with Crippen molar-refractivity contribution in [1.82, 2.24) is 0 Å². The molecule has 2 rings (SSSR count). The highest BCUT2D eigenvalue weighted by Gasteiger charge is 2.08. The fourth-order valence-corrected chi connectivity index (χ4v) is 1.96. The van der Waals surface area contributed by atoms with Gasteiger partial charge in [-0.2, -0.15) is 5.26 Å². The molecule has 0 heterocycles. The number of nitriles is 1. The van der Waals surface area contributed by atoms with Gasteiger partial charge < -0.3 is 10.1 Å². The minimum Gasteiger partial charge on any atom is -0.495 e. The lowest BCUT2D eigenvalue weighted by Crippen LogP contribution is -2.07. The Labute approximate surface area is 113 Å². The molecule has 96 valence electrons. The van der Waals surface area contributed by atoms with Crippen LogP contribution in [0.2, 0.25) is 0 Å². The SMILES string of the molecule is COc1ccccc1NC(C)c1cccc(C#N)c1. The zero-order valence-corrected chi connectivity index (χ0v) is 11.1. The summed E-state index contributed by atoms with van der Waals surface area (Å²) in [6.07, 6.45) is 0. The lowest BCUT2D eigenvalue weighted by atomic mass is 10.1. The standard InChI is InChI=1S/C16H16N2O/c1-12(14-7-5-6-13(10-14)11-17)18-15-8-3-4-9-16(15)19-2/h3-10,12,18H,1-2H3. The first-order valence-corrected chi connectivity index (χ1v) is 6.14. The Morgan fingerprint density at radius 1 is 1.16 bits per heavy atom. The fraction of sp³-hybridized carbons (Fsp3) is 0.188. The molecule has 0 aliphatic rings. The average molecular weight is 252 g/mol. The van der Waals surface area contributed by atoms with Gasteiger partial charge >= 0.3 is 0 Å². The van der Waals surface area contributed by atoms with Crippen molar-refractivity contribution in [3.8, 4) is 11.8 Å². The Balaban J connectivity index is 2.21. The quantitative estimate of drug-likeness (QED) is 0.901. The lowest BCUT2D eigenvalue weighted by Gasteiger charge is -2.18. The number of methoxy groups -OCH3 is 1. The maximum Gasteiger partial charge on any atom is 0.141 e. The van der Waals surface area contributed by atoms with Crippen molar-refractivity contribution in [2.45, 2.75) is 13.0 Å². The van der Waals surface area contributed by atoms with E-state index in [1.54, 1.807) is 13.2 Å². The molecule has 3 heteroatoms. The first kappa shape index (κ1) is 13.0. The van der Waals surface area contributed by atoms with Gasteiger partial charge in [0.05, 0.1) is 24.4 Å². The van der Waals surface area contributed by atoms with Gasteiger partial charge in [-0.25, -0.2) is 0 Å². The van der Waals surface area contributed by atoms with Gasteiger partial charge in [-0.1, -0.05) is 24.3 Å². The third-order valence-corrected chi connectivity index (χ3v) is 2.99. The van der Waals surface area contributed by atoms with Gasteiger partial charge in [-0.3, -0.25) is 0 Å². The molecule has 1 unspecified atom stereocenters. The molecule has 2 aromatic carbocycles. The summed E-state index contributed by atoms with van der Waals surface area (Å²) in [6, 6.07) is 17.7. The van der Waals surface area contributed by atoms with Gasteiger partial charge in [0.15, 0.2) is 0 Å². The van der Waals surface area contributed by atoms with Crippen LogP contribution in [0.1, 0.15) is 24.1 Å². The van der Waals surface area contributed by atoms with E-state index in [0.29, 0.717) is 5.56 Å². The number of para-hydroxylation sites is 2. The molecular formula is C16H16N2O. The summed E-state index contributed by atoms with van der Waals surface area (Å²) in [7, 11) is 1.65. The minimum absolute atomic E-state index is 0.101. The molecule has 0 saturated heterocycles. The van der Waals surface area contributed by atoms with E-state index in [4.69, 9.17) is 10.00 Å². The maximum absolute atomic E-state index is 8.93. The Morgan fingerprint density at radius 2 is 1.95 bits per heavy atom. The summed E-state index contributed by atoms with van der Waals surface area (Å²) >= 11 is 0. The average Bonchev–Trinajstić information content (AvgIpc) is 2.47. The summed E-state index contributed by atoms with van der Waals surface area (Å²) in [5.74, 6) is 0.811. The van der Waals surface area contributed by atoms with E-state index in [1.165, 1.54) is 0 Å². The minimum atomic E-state index is 0.101. The molecule has 0 bridgehead atoms. The molecule has 0 fully saturated rings. The molecule has 1 atom stereocenters. The molecule has 19 heavy (non-hydrogen) atoms. The third-order valence-electron chi connectivity index (χ3n) is 2.99. The van der Waals surface area contributed by atoms with Crippen LogP contribution in [0.3, 0.4) is 0 Å². The van der Waals surface area contributed by atoms with Crippen LogP contribution in [0.15, 0.2) is 48.5 Å². The molecule has 0 aliphatic heterocycles. The molecular weight excluding hydrogens is 236 g/mol. The Hall–Kier alpha value is -2.47. The first-order chi connectivity index (χ1) is 9.24. The highest BCUT2D eigenvalue weighted by Crippen LogP contribution is 2.27. The van der Waals surface area contributed by atoms with Crippen LogP contribution in [0, 0.1) is 11.3 Å². The summed E-state index contributed by atoms with van der Waals surface area (Å²) < 4.78 is 5.31. The number of nitrogens with zero attached hydrogens (tertiary/aromatic N) is 1. The van der Waals surface area contributed by atoms with Gasteiger partial charge in [0.25, 0.3) is 0 Å². The van der Waals surface area contributed by atoms with Crippen molar-refractivity contribution in [3.05, 3.63) is 59.7 Å². The molecule has 3 nitrogen and oxygen atoms in total. The number of anilines is 1. The lowest BCUT2D eigenvalue weighted by molar-refractivity contribution is 0.416. The predicted molar refractivity (Wildman–Crippen MR) is 76.2 cm³/mol. The number of nitrogens with one attached hydrogen (secondary N) is 1. The zero-order chi connectivity index (χ0) is 13.7. The summed E-state index contributed by atoms with van der Waals surface area (Å²) in [4.78, 5) is 0. The van der Waals surface area contributed by atoms with Crippen LogP contribution in [0.4, 0.5) is 5.69 Å². The van der Waals surface area contributed by atoms with E-state index in [0.717, 1.165) is 17.0 Å². The number of hydrogen-bond acceptors (Lipinski definition) is 3. The van der Waals surface area contributed by atoms with Crippen LogP contribution in [-0.2, 0) is 0 Å². The van der Waals surface area contributed by atoms with Crippen LogP contribution in [0.25, 0.3) is 0 Å². The van der Waals surface area contributed by atoms with Crippen molar-refractivity contribution < 1.29 is 4.74 Å². The third kappa shape index (κ3) is 3.05. The molecule has 0 radical (unpaired) electrons. The largest absolute Gasteiger partial charge is 0.495 e. The number of hydrogen-bond donors (Lipinski definition) is 1. The smallest absolute Gasteiger partial charge is 0.141 e. The normalized spacial score (nSPS) is 11.4. The highest BCUT2D eigenvalue weighted by atomic mass is 16.5. The topological polar surface area (TPSA) is 45.0 Å². The van der Waals surface area contributed by atoms with E-state index < -0.39 is 0 Å². The maximum atomic E-state index is 8.93. The van der Waals surface area contributed by atoms with Gasteiger partial charge in [-0.05, 0) is 36.8 Å². The van der Waals surface area contributed by atoms with E-state index in [9.17, 15) is 0 Å². The number of rotatable bonds is 4. The van der Waals surface area contributed by atoms with Gasteiger partial charge in [0, 0.05) is 6.04 Å². The van der Waals surface area contributed by atoms with Crippen LogP contribution in [0.5, 0.6) is 5.75 Å². The van der Waals surface area contributed by atoms with Gasteiger partial charge in [0.2, 0.25) is 0 Å². The highest BCUT2D eigenvalue weighted by molar-refractivity contribution is 5.57. The van der Waals surface area contributed by atoms with Crippen molar-refractivity contribution >= 4 is 5.69 Å². The Bertz CT molecular complexity index is 602. The van der Waals surface area contributed by atoms with Crippen molar-refractivity contribution in [2.24, 2.45) is 0 Å². The van der Waals surface area contributed by atoms with E-state index >= 15 is 0 Å². The van der Waals surface area contributed by atoms with Gasteiger partial charge in [-0.15, -0.1) is 0 Å². The summed E-state index contributed by atoms with van der Waals surface area (Å²) in [5.41, 5.74) is 2.69. The van der Waals surface area contributed by atoms with Crippen molar-refractivity contribution in [1.29, 1.82) is 5.26 Å². The van der Waals surface area contributed by atoms with Crippen LogP contribution >= 0.6 is 0 Å². The van der Waals surface area contributed by atoms with Crippen LogP contribution < -0.4 is 10.1 Å². The number of benzene rings is 2. The Kier molecular flexibility index (Phi) is 4.04. The van der Waals surface area contributed by atoms with Crippen molar-refractivity contribution in [3.63, 3.8) is 0 Å². The molecule has 0 aliphatic carbocycles. The summed E-state index contributed by atoms with van der Waals surface area (Å²) in [6.45, 7) is 2.06. The van der Waals surface area contributed by atoms with E-state index in [2.05, 4.69) is 18.3 Å². The summed E-state index contributed by atoms with van der Waals surface area (Å²) in [5, 5.41) is 12.3. The predicted octanol–water partition coefficient (Wildman–Crippen LogP) is 3.74. The molecule has 0 amide bonds. The second-order valence-electron chi connectivity index (χ2n) is 4.30. The first-order valence-electron chi connectivity index (χ1n) is 6.14. The zero-order valence-electron chi connectivity index (χ0n) is 11.1. The monoisotopic (exact) mass is 252 g/mol. The van der Waals surface area contributed by atoms with E-state index in [1.807, 2.05) is 42.5 Å². The molecule has 0 saturated carbocycles. The molecule has 0 aromatic heterocycles. The van der Waals surface area contributed by atoms with Gasteiger partial charge in [0.1, 0.15) is 5.75 Å².